The summed E-state index contributed by atoms with van der Waals surface area (Å²) in [6.45, 7) is 0. The van der Waals surface area contributed by atoms with Gasteiger partial charge in [-0.05, 0) is 24.3 Å². The molecule has 0 saturated heterocycles. The lowest BCUT2D eigenvalue weighted by molar-refractivity contribution is 0.934. The summed E-state index contributed by atoms with van der Waals surface area (Å²) in [7, 11) is 1.79. The Hall–Kier alpha value is -1.75. The molecule has 2 rings (SSSR count). The van der Waals surface area contributed by atoms with Crippen LogP contribution in [0.1, 0.15) is 0 Å². The number of nitrogen functional groups attached to an aromatic ring is 1. The van der Waals surface area contributed by atoms with Crippen molar-refractivity contribution in [3.05, 3.63) is 29.3 Å². The smallest absolute Gasteiger partial charge is 0.230 e. The standard InChI is InChI=1S/C9H10ClN5/c1-15-8(11)13-14-9(15)12-7-4-2-6(10)3-5-7/h2-5H,1H3,(H2,11,13)(H,12,14). The maximum absolute atomic E-state index is 5.77. The lowest BCUT2D eigenvalue weighted by Gasteiger charge is -2.04. The summed E-state index contributed by atoms with van der Waals surface area (Å²) in [6.07, 6.45) is 0. The summed E-state index contributed by atoms with van der Waals surface area (Å²) >= 11 is 5.77. The lowest BCUT2D eigenvalue weighted by atomic mass is 10.3. The molecule has 1 aromatic carbocycles. The first-order valence-corrected chi connectivity index (χ1v) is 4.72. The van der Waals surface area contributed by atoms with Crippen LogP contribution in [0.25, 0.3) is 0 Å². The molecule has 0 fully saturated rings. The minimum atomic E-state index is 0.367. The fraction of sp³-hybridized carbons (Fsp3) is 0.111. The monoisotopic (exact) mass is 223 g/mol. The van der Waals surface area contributed by atoms with Crippen molar-refractivity contribution in [2.45, 2.75) is 0 Å². The van der Waals surface area contributed by atoms with E-state index in [1.807, 2.05) is 12.1 Å². The van der Waals surface area contributed by atoms with Crippen LogP contribution >= 0.6 is 11.6 Å². The zero-order chi connectivity index (χ0) is 10.8. The highest BCUT2D eigenvalue weighted by Gasteiger charge is 2.04. The van der Waals surface area contributed by atoms with E-state index < -0.39 is 0 Å². The summed E-state index contributed by atoms with van der Waals surface area (Å²) in [5, 5.41) is 11.4. The van der Waals surface area contributed by atoms with Gasteiger partial charge >= 0.3 is 0 Å². The molecule has 0 aliphatic carbocycles. The van der Waals surface area contributed by atoms with E-state index in [0.717, 1.165) is 5.69 Å². The number of nitrogens with one attached hydrogen (secondary N) is 1. The minimum absolute atomic E-state index is 0.367. The lowest BCUT2D eigenvalue weighted by Crippen LogP contribution is -2.01. The Morgan fingerprint density at radius 1 is 1.27 bits per heavy atom. The fourth-order valence-electron chi connectivity index (χ4n) is 1.11. The zero-order valence-electron chi connectivity index (χ0n) is 8.11. The number of benzene rings is 1. The van der Waals surface area contributed by atoms with Gasteiger partial charge in [-0.2, -0.15) is 0 Å². The van der Waals surface area contributed by atoms with E-state index in [4.69, 9.17) is 17.3 Å². The Labute approximate surface area is 91.9 Å². The molecular formula is C9H10ClN5. The van der Waals surface area contributed by atoms with Crippen molar-refractivity contribution in [3.8, 4) is 0 Å². The molecule has 15 heavy (non-hydrogen) atoms. The van der Waals surface area contributed by atoms with Crippen LogP contribution in [-0.2, 0) is 7.05 Å². The van der Waals surface area contributed by atoms with Crippen molar-refractivity contribution >= 4 is 29.2 Å². The van der Waals surface area contributed by atoms with Crippen LogP contribution in [-0.4, -0.2) is 14.8 Å². The normalized spacial score (nSPS) is 10.3. The predicted octanol–water partition coefficient (Wildman–Crippen LogP) is 1.79. The van der Waals surface area contributed by atoms with Crippen LogP contribution in [0.4, 0.5) is 17.6 Å². The van der Waals surface area contributed by atoms with Gasteiger partial charge in [0.15, 0.2) is 0 Å². The quantitative estimate of drug-likeness (QED) is 0.815. The molecule has 0 radical (unpaired) electrons. The molecule has 0 aliphatic heterocycles. The Kier molecular flexibility index (Phi) is 2.47. The second-order valence-corrected chi connectivity index (χ2v) is 3.51. The Morgan fingerprint density at radius 2 is 1.93 bits per heavy atom. The van der Waals surface area contributed by atoms with E-state index in [2.05, 4.69) is 15.5 Å². The molecule has 1 heterocycles. The molecule has 1 aromatic heterocycles. The van der Waals surface area contributed by atoms with E-state index in [0.29, 0.717) is 16.9 Å². The second-order valence-electron chi connectivity index (χ2n) is 3.07. The second kappa shape index (κ2) is 3.78. The van der Waals surface area contributed by atoms with E-state index in [1.165, 1.54) is 0 Å². The third-order valence-corrected chi connectivity index (χ3v) is 2.26. The van der Waals surface area contributed by atoms with Gasteiger partial charge in [0.2, 0.25) is 11.9 Å². The van der Waals surface area contributed by atoms with Crippen LogP contribution in [0, 0.1) is 0 Å². The van der Waals surface area contributed by atoms with E-state index in [1.54, 1.807) is 23.7 Å². The molecule has 0 spiro atoms. The summed E-state index contributed by atoms with van der Waals surface area (Å²) in [6, 6.07) is 7.30. The number of halogens is 1. The highest BCUT2D eigenvalue weighted by atomic mass is 35.5. The van der Waals surface area contributed by atoms with Crippen molar-refractivity contribution in [1.82, 2.24) is 14.8 Å². The van der Waals surface area contributed by atoms with Gasteiger partial charge in [-0.15, -0.1) is 10.2 Å². The predicted molar refractivity (Wildman–Crippen MR) is 60.2 cm³/mol. The first kappa shape index (κ1) is 9.79. The molecule has 3 N–H and O–H groups in total. The first-order valence-electron chi connectivity index (χ1n) is 4.34. The van der Waals surface area contributed by atoms with Gasteiger partial charge < -0.3 is 11.1 Å². The Morgan fingerprint density at radius 3 is 2.47 bits per heavy atom. The molecule has 0 bridgehead atoms. The highest BCUT2D eigenvalue weighted by Crippen LogP contribution is 2.17. The average molecular weight is 224 g/mol. The van der Waals surface area contributed by atoms with Gasteiger partial charge in [0.25, 0.3) is 0 Å². The molecular weight excluding hydrogens is 214 g/mol. The first-order chi connectivity index (χ1) is 7.16. The molecule has 6 heteroatoms. The third kappa shape index (κ3) is 2.02. The van der Waals surface area contributed by atoms with Gasteiger partial charge in [0.05, 0.1) is 0 Å². The van der Waals surface area contributed by atoms with Crippen molar-refractivity contribution < 1.29 is 0 Å². The third-order valence-electron chi connectivity index (χ3n) is 2.01. The highest BCUT2D eigenvalue weighted by molar-refractivity contribution is 6.30. The van der Waals surface area contributed by atoms with Gasteiger partial charge in [-0.3, -0.25) is 4.57 Å². The van der Waals surface area contributed by atoms with Gasteiger partial charge in [-0.25, -0.2) is 0 Å². The van der Waals surface area contributed by atoms with Crippen molar-refractivity contribution in [3.63, 3.8) is 0 Å². The maximum atomic E-state index is 5.77. The number of anilines is 3. The van der Waals surface area contributed by atoms with Gasteiger partial charge in [0, 0.05) is 17.8 Å². The van der Waals surface area contributed by atoms with Crippen molar-refractivity contribution in [1.29, 1.82) is 0 Å². The molecule has 0 amide bonds. The number of nitrogens with zero attached hydrogens (tertiary/aromatic N) is 3. The Balaban J connectivity index is 2.22. The van der Waals surface area contributed by atoms with Crippen molar-refractivity contribution in [2.24, 2.45) is 7.05 Å². The summed E-state index contributed by atoms with van der Waals surface area (Å²) < 4.78 is 1.66. The zero-order valence-corrected chi connectivity index (χ0v) is 8.86. The largest absolute Gasteiger partial charge is 0.368 e. The summed E-state index contributed by atoms with van der Waals surface area (Å²) in [5.74, 6) is 0.960. The summed E-state index contributed by atoms with van der Waals surface area (Å²) in [5.41, 5.74) is 6.43. The fourth-order valence-corrected chi connectivity index (χ4v) is 1.24. The van der Waals surface area contributed by atoms with Crippen molar-refractivity contribution in [2.75, 3.05) is 11.1 Å². The van der Waals surface area contributed by atoms with Gasteiger partial charge in [-0.1, -0.05) is 11.6 Å². The average Bonchev–Trinajstić information content (AvgIpc) is 2.53. The SMILES string of the molecule is Cn1c(N)nnc1Nc1ccc(Cl)cc1. The van der Waals surface area contributed by atoms with Crippen LogP contribution in [0.5, 0.6) is 0 Å². The van der Waals surface area contributed by atoms with Gasteiger partial charge in [0.1, 0.15) is 0 Å². The topological polar surface area (TPSA) is 68.8 Å². The number of rotatable bonds is 2. The molecule has 5 nitrogen and oxygen atoms in total. The van der Waals surface area contributed by atoms with E-state index in [9.17, 15) is 0 Å². The number of hydrogen-bond donors (Lipinski definition) is 2. The number of nitrogens with two attached hydrogens (primary N) is 1. The summed E-state index contributed by atoms with van der Waals surface area (Å²) in [4.78, 5) is 0. The maximum Gasteiger partial charge on any atom is 0.230 e. The number of hydrogen-bond acceptors (Lipinski definition) is 4. The molecule has 78 valence electrons. The van der Waals surface area contributed by atoms with E-state index in [-0.39, 0.29) is 0 Å². The van der Waals surface area contributed by atoms with E-state index >= 15 is 0 Å². The van der Waals surface area contributed by atoms with Crippen LogP contribution in [0.3, 0.4) is 0 Å². The van der Waals surface area contributed by atoms with Crippen LogP contribution in [0.15, 0.2) is 24.3 Å². The minimum Gasteiger partial charge on any atom is -0.368 e. The molecule has 0 aliphatic rings. The van der Waals surface area contributed by atoms with Crippen LogP contribution in [0.2, 0.25) is 5.02 Å². The molecule has 0 atom stereocenters. The molecule has 0 unspecified atom stereocenters. The molecule has 2 aromatic rings. The molecule has 0 saturated carbocycles. The number of aromatic nitrogens is 3. The van der Waals surface area contributed by atoms with Crippen LogP contribution < -0.4 is 11.1 Å². The Bertz CT molecular complexity index is 462.